The molecule has 60 valence electrons. The number of hydrogen-bond acceptors (Lipinski definition) is 3. The van der Waals surface area contributed by atoms with Crippen molar-refractivity contribution in [3.8, 4) is 5.75 Å². The van der Waals surface area contributed by atoms with Crippen molar-refractivity contribution in [3.63, 3.8) is 0 Å². The molecule has 1 rings (SSSR count). The van der Waals surface area contributed by atoms with Crippen LogP contribution in [0.5, 0.6) is 5.75 Å². The van der Waals surface area contributed by atoms with E-state index in [1.54, 1.807) is 6.07 Å². The first-order chi connectivity index (χ1) is 5.27. The molecule has 5 heteroatoms. The fourth-order valence-electron chi connectivity index (χ4n) is 0.610. The lowest BCUT2D eigenvalue weighted by Crippen LogP contribution is -1.71. The van der Waals surface area contributed by atoms with Crippen molar-refractivity contribution < 1.29 is 5.11 Å². The molecule has 0 aliphatic heterocycles. The maximum absolute atomic E-state index is 9.34. The summed E-state index contributed by atoms with van der Waals surface area (Å²) in [5.74, 6) is 0.302. The molecule has 1 aromatic carbocycles. The Balaban J connectivity index is 2.99. The van der Waals surface area contributed by atoms with Crippen LogP contribution in [0.1, 0.15) is 0 Å². The Labute approximate surface area is 88.4 Å². The Morgan fingerprint density at radius 3 is 2.36 bits per heavy atom. The molecule has 0 spiro atoms. The Morgan fingerprint density at radius 1 is 1.18 bits per heavy atom. The quantitative estimate of drug-likeness (QED) is 0.883. The Kier molecular flexibility index (Phi) is 4.12. The second kappa shape index (κ2) is 4.64. The summed E-state index contributed by atoms with van der Waals surface area (Å²) in [6, 6.07) is 5.50. The first-order valence-corrected chi connectivity index (χ1v) is 8.00. The Hall–Kier alpha value is 0.680. The first kappa shape index (κ1) is 9.77. The van der Waals surface area contributed by atoms with Crippen LogP contribution in [0.25, 0.3) is 0 Å². The normalized spacial score (nSPS) is 10.0. The van der Waals surface area contributed by atoms with Gasteiger partial charge in [-0.1, -0.05) is 0 Å². The van der Waals surface area contributed by atoms with Crippen molar-refractivity contribution >= 4 is 50.0 Å². The second-order valence-electron chi connectivity index (χ2n) is 1.78. The van der Waals surface area contributed by atoms with Crippen LogP contribution < -0.4 is 0 Å². The molecule has 1 N–H and O–H groups in total. The summed E-state index contributed by atoms with van der Waals surface area (Å²) in [5.41, 5.74) is 0. The SMILES string of the molecule is Oc1cc(SBr)ccc1SBr. The monoisotopic (exact) mass is 314 g/mol. The van der Waals surface area contributed by atoms with Gasteiger partial charge in [-0.3, -0.25) is 0 Å². The van der Waals surface area contributed by atoms with Crippen molar-refractivity contribution in [1.82, 2.24) is 0 Å². The van der Waals surface area contributed by atoms with E-state index >= 15 is 0 Å². The van der Waals surface area contributed by atoms with Crippen LogP contribution in [0.3, 0.4) is 0 Å². The molecule has 0 heterocycles. The predicted molar refractivity (Wildman–Crippen MR) is 57.7 cm³/mol. The lowest BCUT2D eigenvalue weighted by molar-refractivity contribution is 0.461. The van der Waals surface area contributed by atoms with E-state index in [4.69, 9.17) is 0 Å². The first-order valence-electron chi connectivity index (χ1n) is 2.68. The molecule has 0 atom stereocenters. The minimum Gasteiger partial charge on any atom is -0.507 e. The molecule has 0 aromatic heterocycles. The number of benzene rings is 1. The van der Waals surface area contributed by atoms with Crippen molar-refractivity contribution in [2.24, 2.45) is 0 Å². The number of aromatic hydroxyl groups is 1. The van der Waals surface area contributed by atoms with Crippen LogP contribution in [-0.4, -0.2) is 5.11 Å². The van der Waals surface area contributed by atoms with Crippen LogP contribution in [0.15, 0.2) is 28.0 Å². The maximum Gasteiger partial charge on any atom is 0.131 e. The largest absolute Gasteiger partial charge is 0.507 e. The molecule has 11 heavy (non-hydrogen) atoms. The van der Waals surface area contributed by atoms with E-state index in [1.165, 1.54) is 20.4 Å². The molecule has 0 aliphatic carbocycles. The van der Waals surface area contributed by atoms with E-state index in [2.05, 4.69) is 29.6 Å². The van der Waals surface area contributed by atoms with Crippen LogP contribution in [0.4, 0.5) is 0 Å². The standard InChI is InChI=1S/C6H4Br2OS2/c7-10-4-1-2-6(11-8)5(9)3-4/h1-3,9H. The zero-order valence-corrected chi connectivity index (χ0v) is 10.1. The average molecular weight is 316 g/mol. The van der Waals surface area contributed by atoms with Gasteiger partial charge >= 0.3 is 0 Å². The third-order valence-corrected chi connectivity index (χ3v) is 4.21. The lowest BCUT2D eigenvalue weighted by atomic mass is 10.3. The van der Waals surface area contributed by atoms with Crippen molar-refractivity contribution in [1.29, 1.82) is 0 Å². The molecule has 0 radical (unpaired) electrons. The number of halogens is 2. The molecule has 0 bridgehead atoms. The average Bonchev–Trinajstić information content (AvgIpc) is 2.04. The smallest absolute Gasteiger partial charge is 0.131 e. The molecule has 1 nitrogen and oxygen atoms in total. The fraction of sp³-hybridized carbons (Fsp3) is 0. The van der Waals surface area contributed by atoms with Gasteiger partial charge in [-0.05, 0) is 68.2 Å². The summed E-state index contributed by atoms with van der Waals surface area (Å²) in [6.07, 6.45) is 0. The summed E-state index contributed by atoms with van der Waals surface area (Å²) in [7, 11) is 2.78. The maximum atomic E-state index is 9.34. The van der Waals surface area contributed by atoms with E-state index in [1.807, 2.05) is 12.1 Å². The van der Waals surface area contributed by atoms with Gasteiger partial charge < -0.3 is 5.11 Å². The van der Waals surface area contributed by atoms with Gasteiger partial charge in [-0.25, -0.2) is 0 Å². The topological polar surface area (TPSA) is 20.2 Å². The zero-order chi connectivity index (χ0) is 8.27. The van der Waals surface area contributed by atoms with E-state index in [9.17, 15) is 5.11 Å². The highest BCUT2D eigenvalue weighted by Gasteiger charge is 2.00. The Morgan fingerprint density at radius 2 is 1.91 bits per heavy atom. The summed E-state index contributed by atoms with van der Waals surface area (Å²) >= 11 is 6.42. The van der Waals surface area contributed by atoms with Gasteiger partial charge in [0.2, 0.25) is 0 Å². The molecular weight excluding hydrogens is 312 g/mol. The summed E-state index contributed by atoms with van der Waals surface area (Å²) in [6.45, 7) is 0. The fourth-order valence-corrected chi connectivity index (χ4v) is 2.57. The molecule has 0 aliphatic rings. The van der Waals surface area contributed by atoms with Gasteiger partial charge in [-0.2, -0.15) is 0 Å². The zero-order valence-electron chi connectivity index (χ0n) is 5.25. The Bertz CT molecular complexity index is 254. The third kappa shape index (κ3) is 2.57. The van der Waals surface area contributed by atoms with Crippen LogP contribution >= 0.6 is 50.0 Å². The summed E-state index contributed by atoms with van der Waals surface area (Å²) in [4.78, 5) is 1.82. The van der Waals surface area contributed by atoms with Crippen LogP contribution in [-0.2, 0) is 0 Å². The minimum absolute atomic E-state index is 0.302. The molecule has 0 fully saturated rings. The number of rotatable bonds is 2. The predicted octanol–water partition coefficient (Wildman–Crippen LogP) is 4.20. The van der Waals surface area contributed by atoms with Crippen LogP contribution in [0.2, 0.25) is 0 Å². The van der Waals surface area contributed by atoms with Gasteiger partial charge in [0.15, 0.2) is 0 Å². The van der Waals surface area contributed by atoms with Gasteiger partial charge in [0.25, 0.3) is 0 Å². The molecule has 0 saturated heterocycles. The number of phenols is 1. The van der Waals surface area contributed by atoms with Crippen molar-refractivity contribution in [3.05, 3.63) is 18.2 Å². The highest BCUT2D eigenvalue weighted by Crippen LogP contribution is 2.36. The van der Waals surface area contributed by atoms with E-state index in [-0.39, 0.29) is 0 Å². The van der Waals surface area contributed by atoms with Gasteiger partial charge in [0.1, 0.15) is 5.75 Å². The van der Waals surface area contributed by atoms with Crippen LogP contribution in [0, 0.1) is 0 Å². The van der Waals surface area contributed by atoms with Crippen molar-refractivity contribution in [2.45, 2.75) is 9.79 Å². The van der Waals surface area contributed by atoms with Gasteiger partial charge in [0, 0.05) is 4.90 Å². The van der Waals surface area contributed by atoms with E-state index in [0.717, 1.165) is 9.79 Å². The molecule has 0 unspecified atom stereocenters. The van der Waals surface area contributed by atoms with Gasteiger partial charge in [-0.15, -0.1) is 0 Å². The second-order valence-corrected chi connectivity index (χ2v) is 4.95. The molecule has 0 saturated carbocycles. The lowest BCUT2D eigenvalue weighted by Gasteiger charge is -2.00. The minimum atomic E-state index is 0.302. The number of phenolic OH excluding ortho intramolecular Hbond substituents is 1. The summed E-state index contributed by atoms with van der Waals surface area (Å²) < 4.78 is 0. The molecule has 1 aromatic rings. The summed E-state index contributed by atoms with van der Waals surface area (Å²) in [5, 5.41) is 9.34. The molecule has 0 amide bonds. The number of hydrogen-bond donors (Lipinski definition) is 1. The molecular formula is C6H4Br2OS2. The highest BCUT2D eigenvalue weighted by atomic mass is 79.9. The highest BCUT2D eigenvalue weighted by molar-refractivity contribution is 9.50. The van der Waals surface area contributed by atoms with Gasteiger partial charge in [0.05, 0.1) is 4.90 Å². The van der Waals surface area contributed by atoms with Crippen molar-refractivity contribution in [2.75, 3.05) is 0 Å². The van der Waals surface area contributed by atoms with E-state index < -0.39 is 0 Å². The third-order valence-electron chi connectivity index (χ3n) is 1.10. The van der Waals surface area contributed by atoms with E-state index in [0.29, 0.717) is 5.75 Å².